The third-order valence-corrected chi connectivity index (χ3v) is 3.45. The first-order valence-corrected chi connectivity index (χ1v) is 7.73. The summed E-state index contributed by atoms with van der Waals surface area (Å²) in [6, 6.07) is 16.4. The van der Waals surface area contributed by atoms with Crippen LogP contribution in [0, 0.1) is 0 Å². The minimum Gasteiger partial charge on any atom is -0.491 e. The van der Waals surface area contributed by atoms with E-state index >= 15 is 0 Å². The molecule has 1 unspecified atom stereocenters. The van der Waals surface area contributed by atoms with Gasteiger partial charge in [-0.05, 0) is 55.8 Å². The van der Waals surface area contributed by atoms with Crippen molar-refractivity contribution >= 4 is 11.6 Å². The maximum absolute atomic E-state index is 5.97. The van der Waals surface area contributed by atoms with Crippen LogP contribution >= 0.6 is 11.6 Å². The summed E-state index contributed by atoms with van der Waals surface area (Å²) in [7, 11) is 0. The van der Waals surface area contributed by atoms with Crippen molar-refractivity contribution in [2.75, 3.05) is 6.54 Å². The predicted octanol–water partition coefficient (Wildman–Crippen LogP) is 4.83. The number of nitrogens with one attached hydrogen (secondary N) is 1. The fourth-order valence-electron chi connectivity index (χ4n) is 2.30. The van der Waals surface area contributed by atoms with Gasteiger partial charge < -0.3 is 10.1 Å². The quantitative estimate of drug-likeness (QED) is 0.825. The van der Waals surface area contributed by atoms with Gasteiger partial charge in [0.05, 0.1) is 12.1 Å². The molecule has 0 saturated carbocycles. The average Bonchev–Trinajstić information content (AvgIpc) is 2.46. The predicted molar refractivity (Wildman–Crippen MR) is 89.2 cm³/mol. The highest BCUT2D eigenvalue weighted by Gasteiger charge is 2.13. The molecule has 0 saturated heterocycles. The summed E-state index contributed by atoms with van der Waals surface area (Å²) in [5.74, 6) is 0.903. The summed E-state index contributed by atoms with van der Waals surface area (Å²) in [6.07, 6.45) is 0.191. The van der Waals surface area contributed by atoms with Gasteiger partial charge >= 0.3 is 0 Å². The number of ether oxygens (including phenoxy) is 1. The number of benzene rings is 2. The molecule has 0 amide bonds. The van der Waals surface area contributed by atoms with Gasteiger partial charge in [0.25, 0.3) is 0 Å². The van der Waals surface area contributed by atoms with E-state index in [2.05, 4.69) is 36.5 Å². The molecule has 1 atom stereocenters. The largest absolute Gasteiger partial charge is 0.491 e. The molecule has 2 nitrogen and oxygen atoms in total. The Kier molecular flexibility index (Phi) is 5.66. The van der Waals surface area contributed by atoms with Gasteiger partial charge in [0, 0.05) is 5.02 Å². The minimum atomic E-state index is 0.167. The smallest absolute Gasteiger partial charge is 0.119 e. The molecule has 21 heavy (non-hydrogen) atoms. The summed E-state index contributed by atoms with van der Waals surface area (Å²) >= 11 is 5.97. The van der Waals surface area contributed by atoms with Gasteiger partial charge in [0.15, 0.2) is 0 Å². The van der Waals surface area contributed by atoms with Crippen molar-refractivity contribution in [3.05, 3.63) is 64.7 Å². The topological polar surface area (TPSA) is 21.3 Å². The van der Waals surface area contributed by atoms with Gasteiger partial charge in [-0.3, -0.25) is 0 Å². The van der Waals surface area contributed by atoms with Crippen molar-refractivity contribution < 1.29 is 4.74 Å². The van der Waals surface area contributed by atoms with Crippen molar-refractivity contribution in [3.8, 4) is 5.75 Å². The van der Waals surface area contributed by atoms with E-state index in [9.17, 15) is 0 Å². The molecule has 2 aromatic rings. The number of hydrogen-bond donors (Lipinski definition) is 1. The number of halogens is 1. The third kappa shape index (κ3) is 4.48. The van der Waals surface area contributed by atoms with E-state index in [1.54, 1.807) is 0 Å². The molecular weight excluding hydrogens is 282 g/mol. The Morgan fingerprint density at radius 1 is 0.952 bits per heavy atom. The molecule has 112 valence electrons. The molecule has 2 aromatic carbocycles. The fourth-order valence-corrected chi connectivity index (χ4v) is 2.42. The highest BCUT2D eigenvalue weighted by atomic mass is 35.5. The SMILES string of the molecule is CCNC(c1ccc(Cl)cc1)c1ccc(OC(C)C)cc1. The lowest BCUT2D eigenvalue weighted by molar-refractivity contribution is 0.242. The van der Waals surface area contributed by atoms with Crippen LogP contribution in [0.1, 0.15) is 37.9 Å². The highest BCUT2D eigenvalue weighted by Crippen LogP contribution is 2.25. The first-order valence-electron chi connectivity index (χ1n) is 7.35. The van der Waals surface area contributed by atoms with Gasteiger partial charge in [-0.2, -0.15) is 0 Å². The second-order valence-corrected chi connectivity index (χ2v) is 5.71. The zero-order valence-electron chi connectivity index (χ0n) is 12.8. The Labute approximate surface area is 132 Å². The molecule has 0 aromatic heterocycles. The van der Waals surface area contributed by atoms with Crippen LogP contribution in [0.2, 0.25) is 5.02 Å². The van der Waals surface area contributed by atoms with Crippen LogP contribution in [-0.2, 0) is 0 Å². The third-order valence-electron chi connectivity index (χ3n) is 3.20. The summed E-state index contributed by atoms with van der Waals surface area (Å²) < 4.78 is 5.69. The van der Waals surface area contributed by atoms with E-state index in [0.29, 0.717) is 0 Å². The van der Waals surface area contributed by atoms with Crippen molar-refractivity contribution in [2.24, 2.45) is 0 Å². The second kappa shape index (κ2) is 7.48. The lowest BCUT2D eigenvalue weighted by Gasteiger charge is -2.20. The van der Waals surface area contributed by atoms with Crippen molar-refractivity contribution in [1.29, 1.82) is 0 Å². The standard InChI is InChI=1S/C18H22ClNO/c1-4-20-18(14-5-9-16(19)10-6-14)15-7-11-17(12-8-15)21-13(2)3/h5-13,18,20H,4H2,1-3H3. The first-order chi connectivity index (χ1) is 10.1. The molecule has 2 rings (SSSR count). The summed E-state index contributed by atoms with van der Waals surface area (Å²) in [5, 5.41) is 4.27. The molecule has 0 radical (unpaired) electrons. The monoisotopic (exact) mass is 303 g/mol. The molecular formula is C18H22ClNO. The number of rotatable bonds is 6. The normalized spacial score (nSPS) is 12.4. The molecule has 1 N–H and O–H groups in total. The van der Waals surface area contributed by atoms with E-state index in [0.717, 1.165) is 17.3 Å². The molecule has 0 bridgehead atoms. The molecule has 0 aliphatic rings. The van der Waals surface area contributed by atoms with E-state index in [1.165, 1.54) is 11.1 Å². The maximum atomic E-state index is 5.97. The van der Waals surface area contributed by atoms with Crippen molar-refractivity contribution in [1.82, 2.24) is 5.32 Å². The van der Waals surface area contributed by atoms with Gasteiger partial charge in [0.2, 0.25) is 0 Å². The lowest BCUT2D eigenvalue weighted by atomic mass is 9.98. The van der Waals surface area contributed by atoms with Crippen LogP contribution in [0.4, 0.5) is 0 Å². The summed E-state index contributed by atoms with van der Waals surface area (Å²) in [4.78, 5) is 0. The Balaban J connectivity index is 2.23. The first kappa shape index (κ1) is 15.9. The summed E-state index contributed by atoms with van der Waals surface area (Å²) in [6.45, 7) is 7.07. The lowest BCUT2D eigenvalue weighted by Crippen LogP contribution is -2.21. The zero-order chi connectivity index (χ0) is 15.2. The van der Waals surface area contributed by atoms with Gasteiger partial charge in [-0.15, -0.1) is 0 Å². The van der Waals surface area contributed by atoms with Crippen LogP contribution in [0.3, 0.4) is 0 Å². The fraction of sp³-hybridized carbons (Fsp3) is 0.333. The van der Waals surface area contributed by atoms with E-state index in [-0.39, 0.29) is 12.1 Å². The molecule has 0 aliphatic carbocycles. The Bertz CT molecular complexity index is 548. The molecule has 0 spiro atoms. The molecule has 3 heteroatoms. The zero-order valence-corrected chi connectivity index (χ0v) is 13.5. The van der Waals surface area contributed by atoms with Gasteiger partial charge in [0.1, 0.15) is 5.75 Å². The Morgan fingerprint density at radius 2 is 1.48 bits per heavy atom. The minimum absolute atomic E-state index is 0.167. The van der Waals surface area contributed by atoms with Crippen LogP contribution < -0.4 is 10.1 Å². The molecule has 0 heterocycles. The highest BCUT2D eigenvalue weighted by molar-refractivity contribution is 6.30. The number of hydrogen-bond acceptors (Lipinski definition) is 2. The van der Waals surface area contributed by atoms with Crippen LogP contribution in [-0.4, -0.2) is 12.6 Å². The maximum Gasteiger partial charge on any atom is 0.119 e. The van der Waals surface area contributed by atoms with Crippen LogP contribution in [0.15, 0.2) is 48.5 Å². The van der Waals surface area contributed by atoms with E-state index in [1.807, 2.05) is 38.1 Å². The van der Waals surface area contributed by atoms with Gasteiger partial charge in [-0.25, -0.2) is 0 Å². The van der Waals surface area contributed by atoms with Crippen LogP contribution in [0.5, 0.6) is 5.75 Å². The molecule has 0 fully saturated rings. The van der Waals surface area contributed by atoms with Crippen molar-refractivity contribution in [3.63, 3.8) is 0 Å². The van der Waals surface area contributed by atoms with Gasteiger partial charge in [-0.1, -0.05) is 42.8 Å². The summed E-state index contributed by atoms with van der Waals surface area (Å²) in [5.41, 5.74) is 2.43. The van der Waals surface area contributed by atoms with E-state index in [4.69, 9.17) is 16.3 Å². The second-order valence-electron chi connectivity index (χ2n) is 5.28. The Hall–Kier alpha value is -1.51. The Morgan fingerprint density at radius 3 is 1.95 bits per heavy atom. The van der Waals surface area contributed by atoms with Crippen molar-refractivity contribution in [2.45, 2.75) is 32.9 Å². The van der Waals surface area contributed by atoms with Crippen LogP contribution in [0.25, 0.3) is 0 Å². The average molecular weight is 304 g/mol. The van der Waals surface area contributed by atoms with E-state index < -0.39 is 0 Å². The molecule has 0 aliphatic heterocycles.